The van der Waals surface area contributed by atoms with E-state index in [0.717, 1.165) is 66.5 Å². The number of hydrogen-bond acceptors (Lipinski definition) is 4. The Bertz CT molecular complexity index is 3140. The third-order valence-electron chi connectivity index (χ3n) is 10.4. The van der Waals surface area contributed by atoms with Gasteiger partial charge in [-0.2, -0.15) is 0 Å². The molecule has 252 valence electrons. The van der Waals surface area contributed by atoms with E-state index in [-0.39, 0.29) is 0 Å². The van der Waals surface area contributed by atoms with Gasteiger partial charge >= 0.3 is 0 Å². The molecule has 0 aliphatic heterocycles. The second-order valence-corrected chi connectivity index (χ2v) is 13.6. The third kappa shape index (κ3) is 4.83. The van der Waals surface area contributed by atoms with E-state index in [2.05, 4.69) is 114 Å². The number of furan rings is 1. The molecule has 0 fully saturated rings. The van der Waals surface area contributed by atoms with Crippen LogP contribution in [0, 0.1) is 0 Å². The van der Waals surface area contributed by atoms with Crippen molar-refractivity contribution in [1.29, 1.82) is 0 Å². The van der Waals surface area contributed by atoms with E-state index in [1.807, 2.05) is 72.8 Å². The van der Waals surface area contributed by atoms with Gasteiger partial charge in [-0.3, -0.25) is 0 Å². The number of nitrogens with zero attached hydrogens (tertiary/aromatic N) is 4. The Kier molecular flexibility index (Phi) is 6.79. The molecule has 3 aromatic heterocycles. The fraction of sp³-hybridized carbons (Fsp3) is 0. The minimum atomic E-state index is 0.589. The van der Waals surface area contributed by atoms with Gasteiger partial charge in [0.2, 0.25) is 0 Å². The van der Waals surface area contributed by atoms with Crippen LogP contribution in [0.15, 0.2) is 186 Å². The van der Waals surface area contributed by atoms with Crippen LogP contribution in [0.3, 0.4) is 0 Å². The van der Waals surface area contributed by atoms with E-state index in [1.165, 1.54) is 21.5 Å². The molecule has 5 nitrogen and oxygen atoms in total. The quantitative estimate of drug-likeness (QED) is 0.180. The second kappa shape index (κ2) is 12.1. The first-order chi connectivity index (χ1) is 26.8. The Balaban J connectivity index is 1.24. The van der Waals surface area contributed by atoms with Crippen molar-refractivity contribution in [2.75, 3.05) is 0 Å². The van der Waals surface area contributed by atoms with Gasteiger partial charge in [0.1, 0.15) is 11.2 Å². The Hall–Kier alpha value is -7.37. The third-order valence-corrected chi connectivity index (χ3v) is 10.4. The molecule has 3 heterocycles. The largest absolute Gasteiger partial charge is 0.455 e. The summed E-state index contributed by atoms with van der Waals surface area (Å²) in [6.07, 6.45) is 0. The van der Waals surface area contributed by atoms with Gasteiger partial charge in [0, 0.05) is 49.5 Å². The van der Waals surface area contributed by atoms with Crippen LogP contribution >= 0.6 is 0 Å². The first-order valence-corrected chi connectivity index (χ1v) is 18.1. The lowest BCUT2D eigenvalue weighted by atomic mass is 9.99. The van der Waals surface area contributed by atoms with Gasteiger partial charge in [-0.25, -0.2) is 15.0 Å². The topological polar surface area (TPSA) is 56.7 Å². The summed E-state index contributed by atoms with van der Waals surface area (Å²) in [5.41, 5.74) is 9.76. The SMILES string of the molecule is c1ccc(-c2nc(-c3ccccc3)nc(-c3cccc4oc5c(-c6ccccc6)cc(-n6c7ccccc7c7cc8ccccc8cc76)cc5c34)n2)cc1. The van der Waals surface area contributed by atoms with Gasteiger partial charge < -0.3 is 8.98 Å². The van der Waals surface area contributed by atoms with Crippen LogP contribution in [0.4, 0.5) is 0 Å². The molecule has 0 unspecified atom stereocenters. The monoisotopic (exact) mass is 690 g/mol. The van der Waals surface area contributed by atoms with E-state index in [9.17, 15) is 0 Å². The van der Waals surface area contributed by atoms with Crippen molar-refractivity contribution in [2.45, 2.75) is 0 Å². The summed E-state index contributed by atoms with van der Waals surface area (Å²) in [5.74, 6) is 1.82. The number of para-hydroxylation sites is 1. The molecule has 54 heavy (non-hydrogen) atoms. The van der Waals surface area contributed by atoms with Crippen LogP contribution in [0.1, 0.15) is 0 Å². The summed E-state index contributed by atoms with van der Waals surface area (Å²) in [6.45, 7) is 0. The number of aromatic nitrogens is 4. The predicted molar refractivity (Wildman–Crippen MR) is 221 cm³/mol. The summed E-state index contributed by atoms with van der Waals surface area (Å²) >= 11 is 0. The van der Waals surface area contributed by atoms with Crippen LogP contribution < -0.4 is 0 Å². The fourth-order valence-corrected chi connectivity index (χ4v) is 7.92. The molecular weight excluding hydrogens is 661 g/mol. The van der Waals surface area contributed by atoms with Gasteiger partial charge in [-0.05, 0) is 52.7 Å². The normalized spacial score (nSPS) is 11.7. The summed E-state index contributed by atoms with van der Waals surface area (Å²) < 4.78 is 9.25. The van der Waals surface area contributed by atoms with E-state index in [0.29, 0.717) is 17.5 Å². The summed E-state index contributed by atoms with van der Waals surface area (Å²) in [4.78, 5) is 15.2. The minimum Gasteiger partial charge on any atom is -0.455 e. The Morgan fingerprint density at radius 3 is 1.69 bits per heavy atom. The highest BCUT2D eigenvalue weighted by molar-refractivity contribution is 6.17. The van der Waals surface area contributed by atoms with Crippen LogP contribution in [-0.2, 0) is 0 Å². The fourth-order valence-electron chi connectivity index (χ4n) is 7.92. The Labute approximate surface area is 310 Å². The standard InChI is InChI=1S/C49H30N4O/c1-4-15-31(16-5-1)39-29-36(53-42-25-13-12-23-37(42)40-27-34-21-10-11-22-35(34)28-43(40)53)30-41-45-38(24-14-26-44(45)54-46(39)41)49-51-47(32-17-6-2-7-18-32)50-48(52-49)33-19-8-3-9-20-33/h1-30H. The van der Waals surface area contributed by atoms with Crippen molar-refractivity contribution in [1.82, 2.24) is 19.5 Å². The number of benzene rings is 8. The molecule has 11 aromatic rings. The molecule has 0 saturated heterocycles. The Morgan fingerprint density at radius 1 is 0.389 bits per heavy atom. The van der Waals surface area contributed by atoms with E-state index >= 15 is 0 Å². The summed E-state index contributed by atoms with van der Waals surface area (Å²) in [7, 11) is 0. The summed E-state index contributed by atoms with van der Waals surface area (Å²) in [5, 5.41) is 6.81. The number of hydrogen-bond donors (Lipinski definition) is 0. The van der Waals surface area contributed by atoms with Gasteiger partial charge in [0.15, 0.2) is 17.5 Å². The zero-order valence-corrected chi connectivity index (χ0v) is 29.0. The molecular formula is C49H30N4O. The molecule has 0 aliphatic rings. The maximum atomic E-state index is 6.85. The van der Waals surface area contributed by atoms with Crippen molar-refractivity contribution < 1.29 is 4.42 Å². The number of rotatable bonds is 5. The highest BCUT2D eigenvalue weighted by atomic mass is 16.3. The second-order valence-electron chi connectivity index (χ2n) is 13.6. The highest BCUT2D eigenvalue weighted by Crippen LogP contribution is 2.43. The van der Waals surface area contributed by atoms with E-state index < -0.39 is 0 Å². The van der Waals surface area contributed by atoms with Gasteiger partial charge in [0.05, 0.1) is 11.0 Å². The molecule has 0 saturated carbocycles. The molecule has 0 bridgehead atoms. The van der Waals surface area contributed by atoms with Crippen LogP contribution in [0.5, 0.6) is 0 Å². The zero-order valence-electron chi connectivity index (χ0n) is 29.0. The molecule has 0 N–H and O–H groups in total. The maximum absolute atomic E-state index is 6.85. The lowest BCUT2D eigenvalue weighted by Gasteiger charge is -2.12. The molecule has 0 spiro atoms. The zero-order chi connectivity index (χ0) is 35.6. The van der Waals surface area contributed by atoms with Crippen molar-refractivity contribution in [3.05, 3.63) is 182 Å². The predicted octanol–water partition coefficient (Wildman–Crippen LogP) is 12.7. The lowest BCUT2D eigenvalue weighted by Crippen LogP contribution is -2.00. The summed E-state index contributed by atoms with van der Waals surface area (Å²) in [6, 6.07) is 63.3. The number of fused-ring (bicyclic) bond motifs is 7. The average molecular weight is 691 g/mol. The van der Waals surface area contributed by atoms with Gasteiger partial charge in [-0.15, -0.1) is 0 Å². The molecule has 11 rings (SSSR count). The van der Waals surface area contributed by atoms with Crippen molar-refractivity contribution >= 4 is 54.5 Å². The highest BCUT2D eigenvalue weighted by Gasteiger charge is 2.22. The van der Waals surface area contributed by atoms with Gasteiger partial charge in [0.25, 0.3) is 0 Å². The molecule has 0 atom stereocenters. The van der Waals surface area contributed by atoms with Crippen LogP contribution in [0.2, 0.25) is 0 Å². The molecule has 0 amide bonds. The van der Waals surface area contributed by atoms with Crippen LogP contribution in [0.25, 0.3) is 105 Å². The average Bonchev–Trinajstić information content (AvgIpc) is 3.78. The van der Waals surface area contributed by atoms with Gasteiger partial charge in [-0.1, -0.05) is 146 Å². The molecule has 5 heteroatoms. The van der Waals surface area contributed by atoms with E-state index in [1.54, 1.807) is 0 Å². The van der Waals surface area contributed by atoms with Crippen molar-refractivity contribution in [3.63, 3.8) is 0 Å². The molecule has 0 radical (unpaired) electrons. The van der Waals surface area contributed by atoms with Crippen molar-refractivity contribution in [2.24, 2.45) is 0 Å². The molecule has 0 aliphatic carbocycles. The minimum absolute atomic E-state index is 0.589. The first kappa shape index (κ1) is 30.3. The Morgan fingerprint density at radius 2 is 0.981 bits per heavy atom. The molecule has 8 aromatic carbocycles. The first-order valence-electron chi connectivity index (χ1n) is 18.1. The maximum Gasteiger partial charge on any atom is 0.164 e. The smallest absolute Gasteiger partial charge is 0.164 e. The van der Waals surface area contributed by atoms with Crippen molar-refractivity contribution in [3.8, 4) is 51.0 Å². The lowest BCUT2D eigenvalue weighted by molar-refractivity contribution is 0.670. The van der Waals surface area contributed by atoms with E-state index in [4.69, 9.17) is 19.4 Å². The van der Waals surface area contributed by atoms with Crippen LogP contribution in [-0.4, -0.2) is 19.5 Å².